The van der Waals surface area contributed by atoms with Crippen molar-refractivity contribution in [2.75, 3.05) is 30.3 Å². The van der Waals surface area contributed by atoms with E-state index in [-0.39, 0.29) is 27.7 Å². The van der Waals surface area contributed by atoms with Gasteiger partial charge < -0.3 is 16.0 Å². The molecule has 1 saturated heterocycles. The van der Waals surface area contributed by atoms with Crippen LogP contribution in [0.4, 0.5) is 16.0 Å². The van der Waals surface area contributed by atoms with Gasteiger partial charge in [0.05, 0.1) is 5.56 Å². The molecule has 1 fully saturated rings. The summed E-state index contributed by atoms with van der Waals surface area (Å²) < 4.78 is 13.2. The number of benzene rings is 1. The van der Waals surface area contributed by atoms with E-state index in [1.807, 2.05) is 12.1 Å². The van der Waals surface area contributed by atoms with Crippen LogP contribution in [-0.4, -0.2) is 35.4 Å². The predicted molar refractivity (Wildman–Crippen MR) is 112 cm³/mol. The van der Waals surface area contributed by atoms with Gasteiger partial charge in [-0.05, 0) is 42.0 Å². The number of pyridine rings is 2. The van der Waals surface area contributed by atoms with Crippen LogP contribution in [0.15, 0.2) is 60.8 Å². The molecule has 2 aromatic heterocycles. The van der Waals surface area contributed by atoms with Crippen molar-refractivity contribution in [2.24, 2.45) is 0 Å². The van der Waals surface area contributed by atoms with E-state index in [9.17, 15) is 9.18 Å². The molecule has 3 N–H and O–H groups in total. The van der Waals surface area contributed by atoms with Gasteiger partial charge in [-0.2, -0.15) is 0 Å². The van der Waals surface area contributed by atoms with E-state index in [1.54, 1.807) is 36.5 Å². The van der Waals surface area contributed by atoms with Gasteiger partial charge in [0, 0.05) is 36.2 Å². The van der Waals surface area contributed by atoms with Crippen LogP contribution in [0, 0.1) is 5.82 Å². The molecule has 3 aromatic rings. The molecule has 0 spiro atoms. The number of nitrogens with zero attached hydrogens (tertiary/aromatic N) is 3. The van der Waals surface area contributed by atoms with Crippen molar-refractivity contribution < 1.29 is 13.5 Å². The quantitative estimate of drug-likeness (QED) is 0.673. The summed E-state index contributed by atoms with van der Waals surface area (Å²) in [5, 5.41) is 3.44. The van der Waals surface area contributed by atoms with Crippen molar-refractivity contribution in [3.8, 4) is 0 Å². The molecule has 0 amide bonds. The van der Waals surface area contributed by atoms with E-state index in [1.165, 1.54) is 12.1 Å². The van der Waals surface area contributed by atoms with Crippen molar-refractivity contribution in [2.45, 2.75) is 6.04 Å². The smallest absolute Gasteiger partial charge is 0.215 e. The second-order valence-electron chi connectivity index (χ2n) is 6.65. The van der Waals surface area contributed by atoms with Crippen molar-refractivity contribution in [3.05, 3.63) is 83.4 Å². The Morgan fingerprint density at radius 3 is 2.79 bits per heavy atom. The highest BCUT2D eigenvalue weighted by Gasteiger charge is 2.23. The lowest BCUT2D eigenvalue weighted by Gasteiger charge is -2.35. The number of nitrogens with one attached hydrogen (secondary N) is 1. The molecule has 1 unspecified atom stereocenters. The average Bonchev–Trinajstić information content (AvgIpc) is 2.74. The Bertz CT molecular complexity index is 1010. The van der Waals surface area contributed by atoms with Crippen molar-refractivity contribution in [3.63, 3.8) is 0 Å². The Morgan fingerprint density at radius 2 is 2.00 bits per heavy atom. The summed E-state index contributed by atoms with van der Waals surface area (Å²) in [6.07, 6.45) is 1.55. The Hall–Kier alpha value is -3.32. The van der Waals surface area contributed by atoms with Gasteiger partial charge >= 0.3 is 0 Å². The molecule has 6 nitrogen and oxygen atoms in total. The van der Waals surface area contributed by atoms with Gasteiger partial charge in [-0.1, -0.05) is 18.2 Å². The second-order valence-corrected chi connectivity index (χ2v) is 6.65. The summed E-state index contributed by atoms with van der Waals surface area (Å²) in [6, 6.07) is 15.3. The molecule has 0 bridgehead atoms. The van der Waals surface area contributed by atoms with E-state index < -0.39 is 0 Å². The topological polar surface area (TPSA) is 84.1 Å². The number of carbonyl (C=O) groups excluding carboxylic acids is 1. The molecule has 1 aromatic carbocycles. The lowest BCUT2D eigenvalue weighted by atomic mass is 10.0. The fourth-order valence-electron chi connectivity index (χ4n) is 3.35. The molecule has 0 aliphatic carbocycles. The summed E-state index contributed by atoms with van der Waals surface area (Å²) >= 11 is 0. The van der Waals surface area contributed by atoms with E-state index in [0.29, 0.717) is 17.8 Å². The minimum atomic E-state index is -0.252. The lowest BCUT2D eigenvalue weighted by Crippen LogP contribution is -2.46. The normalized spacial score (nSPS) is 16.8. The molecular formula is C21H26FN5O. The number of nitrogen functional groups attached to an aromatic ring is 1. The highest BCUT2D eigenvalue weighted by atomic mass is 19.1. The van der Waals surface area contributed by atoms with E-state index in [4.69, 9.17) is 5.73 Å². The number of nitrogens with two attached hydrogens (primary N) is 1. The number of anilines is 2. The molecule has 1 aliphatic heterocycles. The minimum Gasteiger partial charge on any atom is -0.383 e. The van der Waals surface area contributed by atoms with Gasteiger partial charge in [0.2, 0.25) is 5.78 Å². The third-order valence-corrected chi connectivity index (χ3v) is 4.82. The molecule has 0 radical (unpaired) electrons. The standard InChI is InChI=1S/C21H20FN5O.3H2/c22-15-8-6-14(7-9-15)18-13-27(12-11-24-18)19-5-1-4-17(26-19)20(28)16-3-2-10-25-21(16)23;;;/h1-10,18,24H,11-13H2,(H2,23,25);3*1H. The van der Waals surface area contributed by atoms with Gasteiger partial charge in [-0.3, -0.25) is 4.79 Å². The van der Waals surface area contributed by atoms with E-state index in [0.717, 1.165) is 24.5 Å². The van der Waals surface area contributed by atoms with Gasteiger partial charge in [-0.25, -0.2) is 14.4 Å². The molecule has 1 aliphatic rings. The van der Waals surface area contributed by atoms with E-state index in [2.05, 4.69) is 20.2 Å². The molecule has 1 atom stereocenters. The third-order valence-electron chi connectivity index (χ3n) is 4.82. The molecule has 7 heteroatoms. The van der Waals surface area contributed by atoms with Crippen LogP contribution in [0.3, 0.4) is 0 Å². The number of hydrogen-bond donors (Lipinski definition) is 2. The van der Waals surface area contributed by atoms with E-state index >= 15 is 0 Å². The first-order valence-electron chi connectivity index (χ1n) is 9.08. The zero-order valence-electron chi connectivity index (χ0n) is 15.2. The minimum absolute atomic E-state index is 0. The Kier molecular flexibility index (Phi) is 4.99. The van der Waals surface area contributed by atoms with Crippen molar-refractivity contribution in [1.82, 2.24) is 15.3 Å². The zero-order chi connectivity index (χ0) is 19.5. The SMILES string of the molecule is Nc1ncccc1C(=O)c1cccc(N2CCNC(c3ccc(F)cc3)C2)n1.[HH].[HH].[HH]. The van der Waals surface area contributed by atoms with Crippen LogP contribution < -0.4 is 16.0 Å². The second kappa shape index (κ2) is 7.74. The molecule has 148 valence electrons. The highest BCUT2D eigenvalue weighted by Crippen LogP contribution is 2.22. The number of rotatable bonds is 4. The number of aromatic nitrogens is 2. The first kappa shape index (κ1) is 18.1. The van der Waals surface area contributed by atoms with Crippen molar-refractivity contribution >= 4 is 17.4 Å². The van der Waals surface area contributed by atoms with Gasteiger partial charge in [0.15, 0.2) is 0 Å². The zero-order valence-corrected chi connectivity index (χ0v) is 15.2. The maximum Gasteiger partial charge on any atom is 0.215 e. The number of hydrogen-bond acceptors (Lipinski definition) is 6. The average molecular weight is 383 g/mol. The van der Waals surface area contributed by atoms with Crippen LogP contribution in [0.5, 0.6) is 0 Å². The predicted octanol–water partition coefficient (Wildman–Crippen LogP) is 3.32. The van der Waals surface area contributed by atoms with Crippen LogP contribution in [0.1, 0.15) is 31.9 Å². The number of piperazine rings is 1. The van der Waals surface area contributed by atoms with Crippen LogP contribution in [0.2, 0.25) is 0 Å². The molecule has 4 rings (SSSR count). The maximum atomic E-state index is 13.2. The van der Waals surface area contributed by atoms with Crippen LogP contribution in [0.25, 0.3) is 0 Å². The summed E-state index contributed by atoms with van der Waals surface area (Å²) in [5.74, 6) is 0.414. The van der Waals surface area contributed by atoms with Gasteiger partial charge in [0.25, 0.3) is 0 Å². The van der Waals surface area contributed by atoms with Gasteiger partial charge in [0.1, 0.15) is 23.1 Å². The highest BCUT2D eigenvalue weighted by molar-refractivity contribution is 6.10. The lowest BCUT2D eigenvalue weighted by molar-refractivity contribution is 0.103. The van der Waals surface area contributed by atoms with Crippen molar-refractivity contribution in [1.29, 1.82) is 0 Å². The Morgan fingerprint density at radius 1 is 1.18 bits per heavy atom. The summed E-state index contributed by atoms with van der Waals surface area (Å²) in [5.41, 5.74) is 7.51. The van der Waals surface area contributed by atoms with Gasteiger partial charge in [-0.15, -0.1) is 0 Å². The Labute approximate surface area is 166 Å². The first-order chi connectivity index (χ1) is 13.6. The fraction of sp³-hybridized carbons (Fsp3) is 0.190. The number of halogens is 1. The maximum absolute atomic E-state index is 13.2. The first-order valence-corrected chi connectivity index (χ1v) is 9.08. The molecule has 0 saturated carbocycles. The number of carbonyl (C=O) groups is 1. The largest absolute Gasteiger partial charge is 0.383 e. The molecule has 3 heterocycles. The summed E-state index contributed by atoms with van der Waals surface area (Å²) in [4.78, 5) is 23.4. The summed E-state index contributed by atoms with van der Waals surface area (Å²) in [6.45, 7) is 2.19. The number of ketones is 1. The van der Waals surface area contributed by atoms with Crippen LogP contribution in [-0.2, 0) is 0 Å². The molecular weight excluding hydrogens is 357 g/mol. The molecule has 28 heavy (non-hydrogen) atoms. The summed E-state index contributed by atoms with van der Waals surface area (Å²) in [7, 11) is 0. The Balaban J connectivity index is 0.00000160. The third kappa shape index (κ3) is 3.70. The fourth-order valence-corrected chi connectivity index (χ4v) is 3.35. The van der Waals surface area contributed by atoms with Crippen LogP contribution >= 0.6 is 0 Å². The monoisotopic (exact) mass is 383 g/mol.